The molecule has 21 heavy (non-hydrogen) atoms. The van der Waals surface area contributed by atoms with Crippen LogP contribution in [0.5, 0.6) is 0 Å². The highest BCUT2D eigenvalue weighted by atomic mass is 16.5. The van der Waals surface area contributed by atoms with Crippen molar-refractivity contribution in [1.82, 2.24) is 0 Å². The number of carbonyl (C=O) groups is 2. The van der Waals surface area contributed by atoms with Crippen molar-refractivity contribution < 1.29 is 24.2 Å². The van der Waals surface area contributed by atoms with Gasteiger partial charge in [-0.05, 0) is 12.8 Å². The molecule has 0 bridgehead atoms. The van der Waals surface area contributed by atoms with Crippen LogP contribution in [0.15, 0.2) is 0 Å². The maximum Gasteiger partial charge on any atom is 0.308 e. The van der Waals surface area contributed by atoms with Crippen molar-refractivity contribution in [1.29, 1.82) is 0 Å². The summed E-state index contributed by atoms with van der Waals surface area (Å²) in [6.07, 6.45) is 9.40. The van der Waals surface area contributed by atoms with Crippen molar-refractivity contribution in [2.75, 3.05) is 14.2 Å². The quantitative estimate of drug-likeness (QED) is 0.418. The Balaban J connectivity index is 3.22. The number of aliphatic hydroxyl groups excluding tert-OH is 1. The average Bonchev–Trinajstić information content (AvgIpc) is 2.48. The maximum atomic E-state index is 10.9. The highest BCUT2D eigenvalue weighted by Crippen LogP contribution is 2.12. The van der Waals surface area contributed by atoms with Crippen LogP contribution in [0.4, 0.5) is 0 Å². The van der Waals surface area contributed by atoms with E-state index in [1.807, 2.05) is 0 Å². The Kier molecular flexibility index (Phi) is 13.1. The van der Waals surface area contributed by atoms with Crippen LogP contribution in [-0.2, 0) is 19.1 Å². The van der Waals surface area contributed by atoms with Gasteiger partial charge in [-0.3, -0.25) is 9.59 Å². The lowest BCUT2D eigenvalue weighted by atomic mass is 10.0. The van der Waals surface area contributed by atoms with Gasteiger partial charge in [-0.15, -0.1) is 0 Å². The molecule has 0 aromatic heterocycles. The van der Waals surface area contributed by atoms with Crippen LogP contribution in [0.2, 0.25) is 0 Å². The van der Waals surface area contributed by atoms with E-state index in [4.69, 9.17) is 0 Å². The lowest BCUT2D eigenvalue weighted by Crippen LogP contribution is -2.14. The van der Waals surface area contributed by atoms with Crippen molar-refractivity contribution >= 4 is 11.9 Å². The Hall–Kier alpha value is -1.10. The summed E-state index contributed by atoms with van der Waals surface area (Å²) < 4.78 is 9.09. The third kappa shape index (κ3) is 13.6. The molecule has 0 saturated carbocycles. The summed E-state index contributed by atoms with van der Waals surface area (Å²) in [4.78, 5) is 21.8. The van der Waals surface area contributed by atoms with Crippen LogP contribution in [0.25, 0.3) is 0 Å². The molecule has 0 aliphatic heterocycles. The number of carbonyl (C=O) groups excluding carboxylic acids is 2. The summed E-state index contributed by atoms with van der Waals surface area (Å²) in [7, 11) is 2.75. The highest BCUT2D eigenvalue weighted by molar-refractivity contribution is 5.69. The van der Waals surface area contributed by atoms with E-state index in [9.17, 15) is 14.7 Å². The third-order valence-electron chi connectivity index (χ3n) is 3.53. The standard InChI is InChI=1S/C16H30O5/c1-20-15(18)12-10-8-6-4-3-5-7-9-11-14(17)13-16(19)21-2/h14,17H,3-13H2,1-2H3. The van der Waals surface area contributed by atoms with Crippen LogP contribution >= 0.6 is 0 Å². The second-order valence-electron chi connectivity index (χ2n) is 5.38. The molecule has 0 spiro atoms. The number of ether oxygens (including phenoxy) is 2. The van der Waals surface area contributed by atoms with Crippen molar-refractivity contribution in [2.45, 2.75) is 76.7 Å². The normalized spacial score (nSPS) is 12.0. The molecular weight excluding hydrogens is 272 g/mol. The van der Waals surface area contributed by atoms with E-state index in [0.29, 0.717) is 12.8 Å². The summed E-state index contributed by atoms with van der Waals surface area (Å²) in [6.45, 7) is 0. The lowest BCUT2D eigenvalue weighted by Gasteiger charge is -2.08. The van der Waals surface area contributed by atoms with Gasteiger partial charge in [0.15, 0.2) is 0 Å². The summed E-state index contributed by atoms with van der Waals surface area (Å²) in [6, 6.07) is 0. The molecule has 5 nitrogen and oxygen atoms in total. The van der Waals surface area contributed by atoms with Crippen molar-refractivity contribution in [3.05, 3.63) is 0 Å². The second-order valence-corrected chi connectivity index (χ2v) is 5.38. The van der Waals surface area contributed by atoms with Gasteiger partial charge in [0.25, 0.3) is 0 Å². The van der Waals surface area contributed by atoms with Crippen LogP contribution < -0.4 is 0 Å². The van der Waals surface area contributed by atoms with Crippen LogP contribution in [0.1, 0.15) is 70.6 Å². The fourth-order valence-electron chi connectivity index (χ4n) is 2.19. The van der Waals surface area contributed by atoms with Crippen molar-refractivity contribution in [3.63, 3.8) is 0 Å². The molecule has 0 amide bonds. The fraction of sp³-hybridized carbons (Fsp3) is 0.875. The first kappa shape index (κ1) is 19.9. The van der Waals surface area contributed by atoms with Crippen LogP contribution in [0, 0.1) is 0 Å². The van der Waals surface area contributed by atoms with E-state index < -0.39 is 6.10 Å². The minimum absolute atomic E-state index is 0.0939. The Bertz CT molecular complexity index is 278. The topological polar surface area (TPSA) is 72.8 Å². The predicted octanol–water partition coefficient (Wildman–Crippen LogP) is 2.98. The van der Waals surface area contributed by atoms with Gasteiger partial charge in [0.1, 0.15) is 0 Å². The number of esters is 2. The van der Waals surface area contributed by atoms with Gasteiger partial charge in [0, 0.05) is 6.42 Å². The Morgan fingerprint density at radius 2 is 1.29 bits per heavy atom. The number of methoxy groups -OCH3 is 2. The van der Waals surface area contributed by atoms with Gasteiger partial charge in [0.05, 0.1) is 26.7 Å². The summed E-state index contributed by atoms with van der Waals surface area (Å²) in [5.41, 5.74) is 0. The zero-order valence-corrected chi connectivity index (χ0v) is 13.4. The fourth-order valence-corrected chi connectivity index (χ4v) is 2.19. The zero-order valence-electron chi connectivity index (χ0n) is 13.4. The van der Waals surface area contributed by atoms with Gasteiger partial charge >= 0.3 is 11.9 Å². The monoisotopic (exact) mass is 302 g/mol. The molecular formula is C16H30O5. The zero-order chi connectivity index (χ0) is 15.9. The van der Waals surface area contributed by atoms with E-state index in [2.05, 4.69) is 9.47 Å². The SMILES string of the molecule is COC(=O)CCCCCCCCCCC(O)CC(=O)OC. The molecule has 1 atom stereocenters. The highest BCUT2D eigenvalue weighted by Gasteiger charge is 2.10. The van der Waals surface area contributed by atoms with E-state index in [1.54, 1.807) is 0 Å². The third-order valence-corrected chi connectivity index (χ3v) is 3.53. The summed E-state index contributed by atoms with van der Waals surface area (Å²) in [5.74, 6) is -0.477. The first-order valence-electron chi connectivity index (χ1n) is 7.91. The van der Waals surface area contributed by atoms with E-state index >= 15 is 0 Å². The molecule has 5 heteroatoms. The molecule has 0 aliphatic rings. The average molecular weight is 302 g/mol. The van der Waals surface area contributed by atoms with E-state index in [0.717, 1.165) is 38.5 Å². The minimum atomic E-state index is -0.573. The van der Waals surface area contributed by atoms with E-state index in [1.165, 1.54) is 27.1 Å². The van der Waals surface area contributed by atoms with Gasteiger partial charge < -0.3 is 14.6 Å². The number of hydrogen-bond acceptors (Lipinski definition) is 5. The van der Waals surface area contributed by atoms with Crippen molar-refractivity contribution in [3.8, 4) is 0 Å². The minimum Gasteiger partial charge on any atom is -0.469 e. The van der Waals surface area contributed by atoms with Gasteiger partial charge in [-0.1, -0.05) is 44.9 Å². The van der Waals surface area contributed by atoms with Crippen molar-refractivity contribution in [2.24, 2.45) is 0 Å². The molecule has 0 aromatic rings. The molecule has 0 heterocycles. The molecule has 1 unspecified atom stereocenters. The molecule has 0 saturated heterocycles. The number of aliphatic hydroxyl groups is 1. The Morgan fingerprint density at radius 1 is 0.810 bits per heavy atom. The number of unbranched alkanes of at least 4 members (excludes halogenated alkanes) is 7. The van der Waals surface area contributed by atoms with Gasteiger partial charge in [0.2, 0.25) is 0 Å². The second kappa shape index (κ2) is 13.9. The Morgan fingerprint density at radius 3 is 1.81 bits per heavy atom. The van der Waals surface area contributed by atoms with Crippen LogP contribution in [-0.4, -0.2) is 37.4 Å². The largest absolute Gasteiger partial charge is 0.469 e. The Labute approximate surface area is 128 Å². The van der Waals surface area contributed by atoms with Crippen LogP contribution in [0.3, 0.4) is 0 Å². The molecule has 0 fully saturated rings. The van der Waals surface area contributed by atoms with E-state index in [-0.39, 0.29) is 18.4 Å². The first-order chi connectivity index (χ1) is 10.1. The maximum absolute atomic E-state index is 10.9. The molecule has 0 rings (SSSR count). The molecule has 124 valence electrons. The summed E-state index contributed by atoms with van der Waals surface area (Å²) in [5, 5.41) is 9.58. The predicted molar refractivity (Wildman–Crippen MR) is 80.8 cm³/mol. The molecule has 1 N–H and O–H groups in total. The first-order valence-corrected chi connectivity index (χ1v) is 7.91. The summed E-state index contributed by atoms with van der Waals surface area (Å²) >= 11 is 0. The molecule has 0 aliphatic carbocycles. The molecule has 0 aromatic carbocycles. The number of rotatable bonds is 13. The van der Waals surface area contributed by atoms with Gasteiger partial charge in [-0.25, -0.2) is 0 Å². The number of hydrogen-bond donors (Lipinski definition) is 1. The van der Waals surface area contributed by atoms with Gasteiger partial charge in [-0.2, -0.15) is 0 Å². The molecule has 0 radical (unpaired) electrons. The lowest BCUT2D eigenvalue weighted by molar-refractivity contribution is -0.143. The smallest absolute Gasteiger partial charge is 0.308 e.